The molecular formula is C23H19N3O3. The Kier molecular flexibility index (Phi) is 5.33. The van der Waals surface area contributed by atoms with Crippen LogP contribution in [0.25, 0.3) is 22.8 Å². The molecule has 6 heteroatoms. The molecule has 0 radical (unpaired) electrons. The van der Waals surface area contributed by atoms with Gasteiger partial charge in [-0.1, -0.05) is 59.3 Å². The SMILES string of the molecule is Cc1ccc(NC(=O)COc2cccc(-c3nc(-c4ccccc4)no3)c2)cc1. The summed E-state index contributed by atoms with van der Waals surface area (Å²) in [5.41, 5.74) is 3.46. The molecule has 0 aliphatic heterocycles. The molecule has 1 heterocycles. The van der Waals surface area contributed by atoms with Crippen LogP contribution in [0.3, 0.4) is 0 Å². The molecule has 29 heavy (non-hydrogen) atoms. The van der Waals surface area contributed by atoms with E-state index in [9.17, 15) is 4.79 Å². The maximum atomic E-state index is 12.1. The Labute approximate surface area is 168 Å². The topological polar surface area (TPSA) is 77.2 Å². The van der Waals surface area contributed by atoms with Gasteiger partial charge in [-0.2, -0.15) is 4.98 Å². The Morgan fingerprint density at radius 2 is 1.72 bits per heavy atom. The molecule has 1 aromatic heterocycles. The second kappa shape index (κ2) is 8.39. The number of rotatable bonds is 6. The maximum Gasteiger partial charge on any atom is 0.262 e. The summed E-state index contributed by atoms with van der Waals surface area (Å²) in [5, 5.41) is 6.83. The summed E-state index contributed by atoms with van der Waals surface area (Å²) in [7, 11) is 0. The van der Waals surface area contributed by atoms with Crippen LogP contribution in [0.2, 0.25) is 0 Å². The minimum atomic E-state index is -0.233. The van der Waals surface area contributed by atoms with Gasteiger partial charge in [0.15, 0.2) is 6.61 Å². The predicted molar refractivity (Wildman–Crippen MR) is 110 cm³/mol. The van der Waals surface area contributed by atoms with Gasteiger partial charge in [0.25, 0.3) is 11.8 Å². The highest BCUT2D eigenvalue weighted by Crippen LogP contribution is 2.25. The molecule has 0 atom stereocenters. The number of aryl methyl sites for hydroxylation is 1. The number of carbonyl (C=O) groups is 1. The molecule has 4 rings (SSSR count). The van der Waals surface area contributed by atoms with Crippen molar-refractivity contribution in [3.8, 4) is 28.6 Å². The van der Waals surface area contributed by atoms with Crippen molar-refractivity contribution in [3.63, 3.8) is 0 Å². The van der Waals surface area contributed by atoms with Gasteiger partial charge >= 0.3 is 0 Å². The summed E-state index contributed by atoms with van der Waals surface area (Å²) in [5.74, 6) is 1.22. The fourth-order valence-electron chi connectivity index (χ4n) is 2.75. The average molecular weight is 385 g/mol. The first-order valence-electron chi connectivity index (χ1n) is 9.16. The van der Waals surface area contributed by atoms with Crippen molar-refractivity contribution >= 4 is 11.6 Å². The van der Waals surface area contributed by atoms with Crippen LogP contribution in [0, 0.1) is 6.92 Å². The number of benzene rings is 3. The van der Waals surface area contributed by atoms with Crippen molar-refractivity contribution in [2.24, 2.45) is 0 Å². The first-order valence-corrected chi connectivity index (χ1v) is 9.16. The summed E-state index contributed by atoms with van der Waals surface area (Å²) >= 11 is 0. The lowest BCUT2D eigenvalue weighted by Gasteiger charge is -2.08. The lowest BCUT2D eigenvalue weighted by molar-refractivity contribution is -0.118. The van der Waals surface area contributed by atoms with E-state index >= 15 is 0 Å². The number of aromatic nitrogens is 2. The first kappa shape index (κ1) is 18.4. The minimum absolute atomic E-state index is 0.101. The maximum absolute atomic E-state index is 12.1. The molecule has 0 saturated heterocycles. The highest BCUT2D eigenvalue weighted by Gasteiger charge is 2.11. The number of carbonyl (C=O) groups excluding carboxylic acids is 1. The lowest BCUT2D eigenvalue weighted by Crippen LogP contribution is -2.20. The van der Waals surface area contributed by atoms with E-state index in [4.69, 9.17) is 9.26 Å². The molecule has 1 amide bonds. The normalized spacial score (nSPS) is 10.5. The van der Waals surface area contributed by atoms with Crippen molar-refractivity contribution in [2.45, 2.75) is 6.92 Å². The molecule has 0 aliphatic carbocycles. The number of anilines is 1. The number of ether oxygens (including phenoxy) is 1. The third-order valence-corrected chi connectivity index (χ3v) is 4.24. The Morgan fingerprint density at radius 1 is 0.966 bits per heavy atom. The molecule has 0 saturated carbocycles. The monoisotopic (exact) mass is 385 g/mol. The minimum Gasteiger partial charge on any atom is -0.484 e. The van der Waals surface area contributed by atoms with E-state index in [1.54, 1.807) is 12.1 Å². The van der Waals surface area contributed by atoms with Crippen LogP contribution in [0.4, 0.5) is 5.69 Å². The third kappa shape index (κ3) is 4.68. The van der Waals surface area contributed by atoms with Crippen molar-refractivity contribution in [1.29, 1.82) is 0 Å². The molecule has 0 aliphatic rings. The van der Waals surface area contributed by atoms with Crippen molar-refractivity contribution in [2.75, 3.05) is 11.9 Å². The van der Waals surface area contributed by atoms with Crippen LogP contribution in [0.5, 0.6) is 5.75 Å². The van der Waals surface area contributed by atoms with E-state index in [-0.39, 0.29) is 12.5 Å². The van der Waals surface area contributed by atoms with E-state index in [0.29, 0.717) is 17.5 Å². The standard InChI is InChI=1S/C23H19N3O3/c1-16-10-12-19(13-11-16)24-21(27)15-28-20-9-5-8-18(14-20)23-25-22(26-29-23)17-6-3-2-4-7-17/h2-14H,15H2,1H3,(H,24,27). The van der Waals surface area contributed by atoms with Gasteiger partial charge in [-0.25, -0.2) is 0 Å². The Morgan fingerprint density at radius 3 is 2.52 bits per heavy atom. The zero-order valence-electron chi connectivity index (χ0n) is 15.8. The average Bonchev–Trinajstić information content (AvgIpc) is 3.25. The van der Waals surface area contributed by atoms with Gasteiger partial charge in [0.1, 0.15) is 5.75 Å². The van der Waals surface area contributed by atoms with E-state index < -0.39 is 0 Å². The molecular weight excluding hydrogens is 366 g/mol. The highest BCUT2D eigenvalue weighted by atomic mass is 16.5. The second-order valence-corrected chi connectivity index (χ2v) is 6.52. The van der Waals surface area contributed by atoms with Crippen LogP contribution < -0.4 is 10.1 Å². The van der Waals surface area contributed by atoms with E-state index in [1.807, 2.05) is 73.7 Å². The fraction of sp³-hybridized carbons (Fsp3) is 0.0870. The Hall–Kier alpha value is -3.93. The van der Waals surface area contributed by atoms with E-state index in [0.717, 1.165) is 22.4 Å². The molecule has 1 N–H and O–H groups in total. The zero-order valence-corrected chi connectivity index (χ0v) is 15.8. The number of hydrogen-bond donors (Lipinski definition) is 1. The summed E-state index contributed by atoms with van der Waals surface area (Å²) in [6.45, 7) is 1.89. The largest absolute Gasteiger partial charge is 0.484 e. The summed E-state index contributed by atoms with van der Waals surface area (Å²) in [6, 6.07) is 24.4. The highest BCUT2D eigenvalue weighted by molar-refractivity contribution is 5.91. The zero-order chi connectivity index (χ0) is 20.1. The van der Waals surface area contributed by atoms with E-state index in [1.165, 1.54) is 0 Å². The number of nitrogens with one attached hydrogen (secondary N) is 1. The van der Waals surface area contributed by atoms with Crippen molar-refractivity contribution < 1.29 is 14.1 Å². The number of hydrogen-bond acceptors (Lipinski definition) is 5. The van der Waals surface area contributed by atoms with Gasteiger partial charge in [-0.3, -0.25) is 4.79 Å². The number of nitrogens with zero attached hydrogens (tertiary/aromatic N) is 2. The van der Waals surface area contributed by atoms with Gasteiger partial charge in [-0.15, -0.1) is 0 Å². The van der Waals surface area contributed by atoms with Crippen LogP contribution in [0.15, 0.2) is 83.4 Å². The van der Waals surface area contributed by atoms with Crippen molar-refractivity contribution in [1.82, 2.24) is 10.1 Å². The first-order chi connectivity index (χ1) is 14.2. The molecule has 6 nitrogen and oxygen atoms in total. The lowest BCUT2D eigenvalue weighted by atomic mass is 10.2. The van der Waals surface area contributed by atoms with Crippen molar-refractivity contribution in [3.05, 3.63) is 84.4 Å². The molecule has 0 fully saturated rings. The quantitative estimate of drug-likeness (QED) is 0.519. The van der Waals surface area contributed by atoms with Crippen LogP contribution >= 0.6 is 0 Å². The molecule has 0 unspecified atom stereocenters. The van der Waals surface area contributed by atoms with Crippen LogP contribution in [-0.4, -0.2) is 22.7 Å². The van der Waals surface area contributed by atoms with E-state index in [2.05, 4.69) is 15.5 Å². The molecule has 144 valence electrons. The Balaban J connectivity index is 1.40. The summed E-state index contributed by atoms with van der Waals surface area (Å²) in [6.07, 6.45) is 0. The molecule has 0 bridgehead atoms. The van der Waals surface area contributed by atoms with Gasteiger partial charge in [-0.05, 0) is 37.3 Å². The predicted octanol–water partition coefficient (Wildman–Crippen LogP) is 4.73. The number of amides is 1. The smallest absolute Gasteiger partial charge is 0.262 e. The van der Waals surface area contributed by atoms with Crippen LogP contribution in [-0.2, 0) is 4.79 Å². The summed E-state index contributed by atoms with van der Waals surface area (Å²) in [4.78, 5) is 16.5. The van der Waals surface area contributed by atoms with Gasteiger partial charge in [0, 0.05) is 16.8 Å². The molecule has 0 spiro atoms. The third-order valence-electron chi connectivity index (χ3n) is 4.24. The van der Waals surface area contributed by atoms with Crippen LogP contribution in [0.1, 0.15) is 5.56 Å². The Bertz CT molecular complexity index is 1110. The second-order valence-electron chi connectivity index (χ2n) is 6.52. The van der Waals surface area contributed by atoms with Gasteiger partial charge in [0.2, 0.25) is 5.82 Å². The molecule has 4 aromatic rings. The van der Waals surface area contributed by atoms with Gasteiger partial charge in [0.05, 0.1) is 0 Å². The van der Waals surface area contributed by atoms with Gasteiger partial charge < -0.3 is 14.6 Å². The molecule has 3 aromatic carbocycles. The fourth-order valence-corrected chi connectivity index (χ4v) is 2.75. The summed E-state index contributed by atoms with van der Waals surface area (Å²) < 4.78 is 11.0.